The quantitative estimate of drug-likeness (QED) is 0.100. The normalized spacial score (nSPS) is 12.9. The van der Waals surface area contributed by atoms with Crippen LogP contribution >= 0.6 is 0 Å². The number of hydrogen-bond donors (Lipinski definition) is 0. The van der Waals surface area contributed by atoms with E-state index in [-0.39, 0.29) is 0 Å². The van der Waals surface area contributed by atoms with Gasteiger partial charge in [-0.1, -0.05) is 8.96 Å². The van der Waals surface area contributed by atoms with Crippen LogP contribution in [0, 0.1) is 140 Å². The van der Waals surface area contributed by atoms with Gasteiger partial charge in [-0.2, -0.15) is 9.58 Å². The van der Waals surface area contributed by atoms with E-state index in [1.165, 1.54) is 0 Å². The molecule has 34 heteroatoms. The van der Waals surface area contributed by atoms with E-state index in [4.69, 9.17) is 0 Å². The summed E-state index contributed by atoms with van der Waals surface area (Å²) in [7, 11) is 0. The van der Waals surface area contributed by atoms with Crippen LogP contribution in [0.1, 0.15) is 22.8 Å². The second-order valence-corrected chi connectivity index (χ2v) is 15.4. The smallest absolute Gasteiger partial charge is 0.200 e. The number of rotatable bonds is 4. The zero-order chi connectivity index (χ0) is 58.0. The first-order valence-corrected chi connectivity index (χ1v) is 19.4. The van der Waals surface area contributed by atoms with Gasteiger partial charge in [-0.15, -0.1) is 0 Å². The minimum Gasteiger partial charge on any atom is -0.241 e. The molecule has 2 aliphatic rings. The van der Waals surface area contributed by atoms with Crippen molar-refractivity contribution in [3.8, 4) is 44.5 Å². The van der Waals surface area contributed by atoms with E-state index in [9.17, 15) is 52.7 Å². The molecule has 5 heterocycles. The van der Waals surface area contributed by atoms with Crippen molar-refractivity contribution in [3.63, 3.8) is 0 Å². The molecular formula is C44F30N4. The molecule has 0 unspecified atom stereocenters. The van der Waals surface area contributed by atoms with Gasteiger partial charge in [0.2, 0.25) is 23.3 Å². The van der Waals surface area contributed by atoms with Crippen molar-refractivity contribution >= 4 is 45.4 Å². The van der Waals surface area contributed by atoms with Crippen molar-refractivity contribution in [1.29, 1.82) is 0 Å². The van der Waals surface area contributed by atoms with Gasteiger partial charge in [0.15, 0.2) is 140 Å². The van der Waals surface area contributed by atoms with Gasteiger partial charge in [-0.3, -0.25) is 0 Å². The van der Waals surface area contributed by atoms with Crippen molar-refractivity contribution in [3.05, 3.63) is 162 Å². The molecule has 3 aromatic heterocycles. The number of nitrogens with zero attached hydrogens (tertiary/aromatic N) is 4. The lowest BCUT2D eigenvalue weighted by atomic mass is 10.00. The van der Waals surface area contributed by atoms with Gasteiger partial charge in [0, 0.05) is 22.3 Å². The lowest BCUT2D eigenvalue weighted by Crippen LogP contribution is -2.07. The maximum atomic E-state index is 17.3. The van der Waals surface area contributed by atoms with E-state index >= 15 is 79.2 Å². The zero-order valence-electron chi connectivity index (χ0n) is 35.1. The van der Waals surface area contributed by atoms with Crippen molar-refractivity contribution < 1.29 is 132 Å². The lowest BCUT2D eigenvalue weighted by Gasteiger charge is -2.12. The number of hydrogen-bond acceptors (Lipinski definition) is 2. The zero-order valence-corrected chi connectivity index (χ0v) is 35.1. The van der Waals surface area contributed by atoms with Gasteiger partial charge < -0.3 is 0 Å². The van der Waals surface area contributed by atoms with Gasteiger partial charge in [0.25, 0.3) is 0 Å². The topological polar surface area (TPSA) is 35.6 Å². The summed E-state index contributed by atoms with van der Waals surface area (Å²) in [5, 5.41) is 0. The maximum Gasteiger partial charge on any atom is 0.200 e. The van der Waals surface area contributed by atoms with Crippen LogP contribution in [0.2, 0.25) is 0 Å². The molecule has 78 heavy (non-hydrogen) atoms. The van der Waals surface area contributed by atoms with Gasteiger partial charge in [0.1, 0.15) is 44.8 Å². The Morgan fingerprint density at radius 2 is 0.295 bits per heavy atom. The summed E-state index contributed by atoms with van der Waals surface area (Å²) in [6.07, 6.45) is 0. The van der Waals surface area contributed by atoms with Crippen molar-refractivity contribution in [1.82, 2.24) is 19.5 Å². The van der Waals surface area contributed by atoms with Crippen LogP contribution in [0.4, 0.5) is 132 Å². The molecular weight excluding hydrogens is 1150 g/mol. The second-order valence-electron chi connectivity index (χ2n) is 15.4. The summed E-state index contributed by atoms with van der Waals surface area (Å²) in [6, 6.07) is 0. The Bertz CT molecular complexity index is 3620. The minimum absolute atomic E-state index is 2.31. The number of fused-ring (bicyclic) bond motifs is 8. The SMILES string of the molecule is FC1=C(F)c2nc1c(-c1c(F)c(F)c(F)c(F)c1F)c1c(F)c(F)c(c(-c3c(F)c(F)c(F)c(F)c3F)c3nc(c(-c4c(F)c(F)c(F)c(F)c4F)c4c(F)c(F)c(c2-c2c(F)c(F)c(F)c(F)c2F)n4F)C(F)=C3F)n1F. The highest BCUT2D eigenvalue weighted by Crippen LogP contribution is 2.52. The fourth-order valence-electron chi connectivity index (χ4n) is 8.01. The van der Waals surface area contributed by atoms with Gasteiger partial charge in [0.05, 0.1) is 22.3 Å². The molecule has 406 valence electrons. The summed E-state index contributed by atoms with van der Waals surface area (Å²) < 4.78 is 472. The summed E-state index contributed by atoms with van der Waals surface area (Å²) >= 11 is 0. The van der Waals surface area contributed by atoms with Gasteiger partial charge in [-0.25, -0.2) is 133 Å². The standard InChI is InChI=1S/C44F30N4/c45-9-1(10(46)18(54)25(61)17(9)53)5-37-29(65)30(66)38(75-37)6(2-11(47)19(55)26(62)20(56)12(2)48)43-35(71)36(72)44(78(43)74)8(4-15(51)23(59)28(64)24(60)16(4)52)40-32(68)31(67)39(76-40)7(42-34(70)33(69)41(5)77(42)73)3-13(49)21(57)27(63)22(58)14(3)50. The first-order chi connectivity index (χ1) is 36.3. The lowest BCUT2D eigenvalue weighted by molar-refractivity contribution is 0.380. The third-order valence-corrected chi connectivity index (χ3v) is 11.4. The summed E-state index contributed by atoms with van der Waals surface area (Å²) in [5.41, 5.74) is -51.3. The Hall–Kier alpha value is -8.62. The summed E-state index contributed by atoms with van der Waals surface area (Å²) in [5.74, 6) is -97.7. The Kier molecular flexibility index (Phi) is 12.5. The fourth-order valence-corrected chi connectivity index (χ4v) is 8.01. The molecule has 4 aromatic carbocycles. The minimum atomic E-state index is -3.61. The van der Waals surface area contributed by atoms with E-state index in [1.807, 2.05) is 0 Å². The highest BCUT2D eigenvalue weighted by atomic mass is 19.2. The van der Waals surface area contributed by atoms with E-state index < -0.39 is 262 Å². The van der Waals surface area contributed by atoms with E-state index in [1.54, 1.807) is 0 Å². The van der Waals surface area contributed by atoms with E-state index in [0.717, 1.165) is 0 Å². The van der Waals surface area contributed by atoms with Crippen molar-refractivity contribution in [2.24, 2.45) is 0 Å². The molecule has 0 radical (unpaired) electrons. The molecule has 0 saturated carbocycles. The molecule has 0 amide bonds. The number of halogens is 30. The molecule has 0 aliphatic carbocycles. The number of benzene rings is 4. The second kappa shape index (κ2) is 18.0. The Labute approximate surface area is 403 Å². The molecule has 9 rings (SSSR count). The molecule has 0 N–H and O–H groups in total. The average molecular weight is 1150 g/mol. The predicted octanol–water partition coefficient (Wildman–Crippen LogP) is 16.3. The molecule has 2 aliphatic heterocycles. The van der Waals surface area contributed by atoms with Gasteiger partial charge in [-0.05, 0) is 0 Å². The van der Waals surface area contributed by atoms with Crippen molar-refractivity contribution in [2.45, 2.75) is 0 Å². The molecule has 8 bridgehead atoms. The maximum absolute atomic E-state index is 17.3. The highest BCUT2D eigenvalue weighted by molar-refractivity contribution is 6.05. The van der Waals surface area contributed by atoms with E-state index in [0.29, 0.717) is 0 Å². The first-order valence-electron chi connectivity index (χ1n) is 19.4. The molecule has 0 saturated heterocycles. The van der Waals surface area contributed by atoms with Crippen LogP contribution in [0.25, 0.3) is 89.9 Å². The first kappa shape index (κ1) is 54.2. The van der Waals surface area contributed by atoms with Crippen LogP contribution in [0.5, 0.6) is 0 Å². The van der Waals surface area contributed by atoms with Crippen LogP contribution in [-0.2, 0) is 0 Å². The third kappa shape index (κ3) is 6.90. The fraction of sp³-hybridized carbons (Fsp3) is 0. The monoisotopic (exact) mass is 1150 g/mol. The largest absolute Gasteiger partial charge is 0.241 e. The average Bonchev–Trinajstić information content (AvgIpc) is 4.02. The molecule has 0 atom stereocenters. The molecule has 4 nitrogen and oxygen atoms in total. The van der Waals surface area contributed by atoms with Crippen LogP contribution in [-0.4, -0.2) is 19.5 Å². The van der Waals surface area contributed by atoms with Gasteiger partial charge >= 0.3 is 0 Å². The van der Waals surface area contributed by atoms with E-state index in [2.05, 4.69) is 9.97 Å². The number of aromatic nitrogens is 4. The van der Waals surface area contributed by atoms with Crippen LogP contribution in [0.15, 0.2) is 0 Å². The molecule has 0 fully saturated rings. The molecule has 7 aromatic rings. The molecule has 0 spiro atoms. The summed E-state index contributed by atoms with van der Waals surface area (Å²) in [4.78, 5) is 0.612. The predicted molar refractivity (Wildman–Crippen MR) is 200 cm³/mol. The van der Waals surface area contributed by atoms with Crippen molar-refractivity contribution in [2.75, 3.05) is 0 Å². The summed E-state index contributed by atoms with van der Waals surface area (Å²) in [6.45, 7) is 0. The van der Waals surface area contributed by atoms with Crippen LogP contribution < -0.4 is 0 Å². The highest BCUT2D eigenvalue weighted by Gasteiger charge is 2.44. The third-order valence-electron chi connectivity index (χ3n) is 11.4. The Morgan fingerprint density at radius 1 is 0.167 bits per heavy atom. The Balaban J connectivity index is 1.80. The van der Waals surface area contributed by atoms with Crippen LogP contribution in [0.3, 0.4) is 0 Å². The Morgan fingerprint density at radius 3 is 0.436 bits per heavy atom.